The molecule has 2 unspecified atom stereocenters. The molecule has 0 radical (unpaired) electrons. The van der Waals surface area contributed by atoms with E-state index in [0.29, 0.717) is 6.54 Å². The minimum absolute atomic E-state index is 0.270. The van der Waals surface area contributed by atoms with Gasteiger partial charge in [0, 0.05) is 18.8 Å². The zero-order valence-electron chi connectivity index (χ0n) is 17.1. The minimum Gasteiger partial charge on any atom is -0.497 e. The van der Waals surface area contributed by atoms with Gasteiger partial charge in [-0.1, -0.05) is 12.1 Å². The molecule has 28 heavy (non-hydrogen) atoms. The SMILES string of the molecule is CCNC(=NCC1(O)CCSC1)NCC(c1cccc(OC)c1)N1CCCC1. The monoisotopic (exact) mass is 406 g/mol. The quantitative estimate of drug-likeness (QED) is 0.454. The first-order valence-electron chi connectivity index (χ1n) is 10.3. The first-order valence-corrected chi connectivity index (χ1v) is 11.5. The fourth-order valence-corrected chi connectivity index (χ4v) is 5.13. The number of guanidine groups is 1. The zero-order valence-corrected chi connectivity index (χ0v) is 17.9. The standard InChI is InChI=1S/C21H34N4O2S/c1-3-22-20(24-15-21(26)9-12-28-16-21)23-14-19(25-10-4-5-11-25)17-7-6-8-18(13-17)27-2/h6-8,13,19,26H,3-5,9-12,14-16H2,1-2H3,(H2,22,23,24). The lowest BCUT2D eigenvalue weighted by atomic mass is 10.0. The molecule has 2 aliphatic heterocycles. The lowest BCUT2D eigenvalue weighted by molar-refractivity contribution is 0.0778. The Morgan fingerprint density at radius 3 is 2.86 bits per heavy atom. The predicted molar refractivity (Wildman–Crippen MR) is 117 cm³/mol. The first-order chi connectivity index (χ1) is 13.6. The van der Waals surface area contributed by atoms with Crippen LogP contribution in [-0.4, -0.2) is 72.9 Å². The van der Waals surface area contributed by atoms with E-state index in [4.69, 9.17) is 4.74 Å². The number of nitrogens with one attached hydrogen (secondary N) is 2. The average molecular weight is 407 g/mol. The summed E-state index contributed by atoms with van der Waals surface area (Å²) in [5.41, 5.74) is 0.601. The van der Waals surface area contributed by atoms with Gasteiger partial charge in [-0.25, -0.2) is 0 Å². The summed E-state index contributed by atoms with van der Waals surface area (Å²) < 4.78 is 5.43. The van der Waals surface area contributed by atoms with E-state index in [9.17, 15) is 5.11 Å². The van der Waals surface area contributed by atoms with E-state index in [-0.39, 0.29) is 6.04 Å². The number of rotatable bonds is 8. The molecule has 0 aromatic heterocycles. The third-order valence-electron chi connectivity index (χ3n) is 5.48. The third-order valence-corrected chi connectivity index (χ3v) is 6.72. The van der Waals surface area contributed by atoms with Crippen molar-refractivity contribution in [2.45, 2.75) is 37.8 Å². The molecule has 1 aromatic rings. The van der Waals surface area contributed by atoms with Crippen molar-refractivity contribution in [3.8, 4) is 5.75 Å². The number of aliphatic imine (C=N–C) groups is 1. The Balaban J connectivity index is 1.69. The van der Waals surface area contributed by atoms with E-state index in [0.717, 1.165) is 55.8 Å². The van der Waals surface area contributed by atoms with Crippen LogP contribution in [0.5, 0.6) is 5.75 Å². The number of hydrogen-bond acceptors (Lipinski definition) is 5. The van der Waals surface area contributed by atoms with E-state index < -0.39 is 5.60 Å². The van der Waals surface area contributed by atoms with E-state index in [1.807, 2.05) is 6.07 Å². The van der Waals surface area contributed by atoms with Crippen molar-refractivity contribution in [1.29, 1.82) is 0 Å². The highest BCUT2D eigenvalue weighted by atomic mass is 32.2. The highest BCUT2D eigenvalue weighted by molar-refractivity contribution is 7.99. The van der Waals surface area contributed by atoms with Gasteiger partial charge in [0.1, 0.15) is 5.75 Å². The number of thioether (sulfide) groups is 1. The summed E-state index contributed by atoms with van der Waals surface area (Å²) in [4.78, 5) is 7.22. The molecule has 0 amide bonds. The number of methoxy groups -OCH3 is 1. The second-order valence-corrected chi connectivity index (χ2v) is 8.74. The molecule has 0 spiro atoms. The zero-order chi connectivity index (χ0) is 19.8. The molecule has 3 rings (SSSR count). The molecule has 3 N–H and O–H groups in total. The molecule has 2 heterocycles. The fraction of sp³-hybridized carbons (Fsp3) is 0.667. The minimum atomic E-state index is -0.659. The Bertz CT molecular complexity index is 643. The molecule has 2 saturated heterocycles. The van der Waals surface area contributed by atoms with Crippen LogP contribution in [-0.2, 0) is 0 Å². The molecule has 2 aliphatic rings. The van der Waals surface area contributed by atoms with Crippen molar-refractivity contribution in [2.24, 2.45) is 4.99 Å². The lowest BCUT2D eigenvalue weighted by Gasteiger charge is -2.29. The fourth-order valence-electron chi connectivity index (χ4n) is 3.84. The molecule has 0 saturated carbocycles. The number of benzene rings is 1. The van der Waals surface area contributed by atoms with Gasteiger partial charge in [0.2, 0.25) is 0 Å². The molecule has 0 aliphatic carbocycles. The van der Waals surface area contributed by atoms with Crippen LogP contribution in [0.15, 0.2) is 29.3 Å². The van der Waals surface area contributed by atoms with Crippen LogP contribution in [0.1, 0.15) is 37.8 Å². The van der Waals surface area contributed by atoms with Gasteiger partial charge in [-0.05, 0) is 62.7 Å². The van der Waals surface area contributed by atoms with E-state index in [1.165, 1.54) is 18.4 Å². The molecule has 1 aromatic carbocycles. The van der Waals surface area contributed by atoms with Crippen molar-refractivity contribution >= 4 is 17.7 Å². The van der Waals surface area contributed by atoms with Gasteiger partial charge >= 0.3 is 0 Å². The Kier molecular flexibility index (Phi) is 7.88. The van der Waals surface area contributed by atoms with E-state index in [2.05, 4.69) is 45.6 Å². The highest BCUT2D eigenvalue weighted by Crippen LogP contribution is 2.28. The number of nitrogens with zero attached hydrogens (tertiary/aromatic N) is 2. The largest absolute Gasteiger partial charge is 0.497 e. The van der Waals surface area contributed by atoms with Crippen molar-refractivity contribution < 1.29 is 9.84 Å². The lowest BCUT2D eigenvalue weighted by Crippen LogP contribution is -2.44. The maximum absolute atomic E-state index is 10.6. The van der Waals surface area contributed by atoms with Crippen molar-refractivity contribution in [2.75, 3.05) is 51.3 Å². The maximum atomic E-state index is 10.6. The average Bonchev–Trinajstić information content (AvgIpc) is 3.39. The van der Waals surface area contributed by atoms with Crippen LogP contribution < -0.4 is 15.4 Å². The summed E-state index contributed by atoms with van der Waals surface area (Å²) in [6, 6.07) is 8.63. The first kappa shape index (κ1) is 21.3. The number of likely N-dealkylation sites (tertiary alicyclic amines) is 1. The Morgan fingerprint density at radius 2 is 2.18 bits per heavy atom. The summed E-state index contributed by atoms with van der Waals surface area (Å²) in [7, 11) is 1.71. The van der Waals surface area contributed by atoms with Gasteiger partial charge in [0.05, 0.1) is 25.3 Å². The Hall–Kier alpha value is -1.44. The Labute approximate surface area is 173 Å². The molecule has 2 fully saturated rings. The van der Waals surface area contributed by atoms with E-state index >= 15 is 0 Å². The van der Waals surface area contributed by atoms with Crippen LogP contribution in [0.25, 0.3) is 0 Å². The highest BCUT2D eigenvalue weighted by Gasteiger charge is 2.31. The smallest absolute Gasteiger partial charge is 0.191 e. The van der Waals surface area contributed by atoms with Crippen molar-refractivity contribution in [1.82, 2.24) is 15.5 Å². The second-order valence-electron chi connectivity index (χ2n) is 7.64. The van der Waals surface area contributed by atoms with Crippen molar-refractivity contribution in [3.05, 3.63) is 29.8 Å². The van der Waals surface area contributed by atoms with Gasteiger partial charge in [0.15, 0.2) is 5.96 Å². The van der Waals surface area contributed by atoms with E-state index in [1.54, 1.807) is 18.9 Å². The third kappa shape index (κ3) is 5.78. The second kappa shape index (κ2) is 10.4. The molecule has 6 nitrogen and oxygen atoms in total. The summed E-state index contributed by atoms with van der Waals surface area (Å²) >= 11 is 1.80. The number of hydrogen-bond donors (Lipinski definition) is 3. The molecule has 156 valence electrons. The summed E-state index contributed by atoms with van der Waals surface area (Å²) in [5.74, 6) is 3.46. The normalized spacial score (nSPS) is 24.3. The molecular weight excluding hydrogens is 372 g/mol. The maximum Gasteiger partial charge on any atom is 0.191 e. The van der Waals surface area contributed by atoms with Gasteiger partial charge in [-0.2, -0.15) is 11.8 Å². The van der Waals surface area contributed by atoms with Crippen LogP contribution in [0.3, 0.4) is 0 Å². The molecule has 0 bridgehead atoms. The van der Waals surface area contributed by atoms with Gasteiger partial charge < -0.3 is 20.5 Å². The molecule has 2 atom stereocenters. The Morgan fingerprint density at radius 1 is 1.36 bits per heavy atom. The number of ether oxygens (including phenoxy) is 1. The van der Waals surface area contributed by atoms with Crippen LogP contribution in [0, 0.1) is 0 Å². The number of aliphatic hydroxyl groups is 1. The van der Waals surface area contributed by atoms with Gasteiger partial charge in [-0.3, -0.25) is 9.89 Å². The van der Waals surface area contributed by atoms with Gasteiger partial charge in [-0.15, -0.1) is 0 Å². The predicted octanol–water partition coefficient (Wildman–Crippen LogP) is 2.26. The summed E-state index contributed by atoms with van der Waals surface area (Å²) in [6.45, 7) is 6.32. The summed E-state index contributed by atoms with van der Waals surface area (Å²) in [6.07, 6.45) is 3.32. The molecular formula is C21H34N4O2S. The van der Waals surface area contributed by atoms with Crippen LogP contribution >= 0.6 is 11.8 Å². The molecule has 7 heteroatoms. The van der Waals surface area contributed by atoms with Gasteiger partial charge in [0.25, 0.3) is 0 Å². The van der Waals surface area contributed by atoms with Crippen LogP contribution in [0.2, 0.25) is 0 Å². The van der Waals surface area contributed by atoms with Crippen LogP contribution in [0.4, 0.5) is 0 Å². The van der Waals surface area contributed by atoms with Crippen molar-refractivity contribution in [3.63, 3.8) is 0 Å². The summed E-state index contributed by atoms with van der Waals surface area (Å²) in [5, 5.41) is 17.4. The topological polar surface area (TPSA) is 69.1 Å².